The molecule has 0 amide bonds. The van der Waals surface area contributed by atoms with Crippen LogP contribution in [0.2, 0.25) is 5.15 Å². The highest BCUT2D eigenvalue weighted by molar-refractivity contribution is 7.99. The lowest BCUT2D eigenvalue weighted by molar-refractivity contribution is -0.137. The maximum absolute atomic E-state index is 12.6. The Hall–Kier alpha value is -1.47. The Morgan fingerprint density at radius 3 is 2.70 bits per heavy atom. The number of hydrogen-bond donors (Lipinski definition) is 1. The van der Waals surface area contributed by atoms with Gasteiger partial charge in [0.25, 0.3) is 0 Å². The molecule has 1 heterocycles. The summed E-state index contributed by atoms with van der Waals surface area (Å²) in [7, 11) is 0. The Morgan fingerprint density at radius 2 is 2.09 bits per heavy atom. The van der Waals surface area contributed by atoms with Crippen molar-refractivity contribution in [2.45, 2.75) is 25.3 Å². The highest BCUT2D eigenvalue weighted by Gasteiger charge is 2.34. The van der Waals surface area contributed by atoms with Crippen molar-refractivity contribution in [2.24, 2.45) is 0 Å². The Kier molecular flexibility index (Phi) is 5.75. The molecule has 0 aliphatic heterocycles. The second-order valence-electron chi connectivity index (χ2n) is 4.74. The third-order valence-corrected chi connectivity index (χ3v) is 4.47. The molecule has 2 rings (SSSR count). The average Bonchev–Trinajstić information content (AvgIpc) is 2.46. The van der Waals surface area contributed by atoms with E-state index in [0.717, 1.165) is 11.3 Å². The van der Waals surface area contributed by atoms with Gasteiger partial charge in [-0.2, -0.15) is 24.9 Å². The number of benzene rings is 1. The second kappa shape index (κ2) is 7.40. The van der Waals surface area contributed by atoms with Crippen molar-refractivity contribution in [3.05, 3.63) is 46.7 Å². The molecule has 3 nitrogen and oxygen atoms in total. The van der Waals surface area contributed by atoms with Crippen LogP contribution in [-0.4, -0.2) is 15.7 Å². The van der Waals surface area contributed by atoms with E-state index in [1.807, 2.05) is 18.2 Å². The van der Waals surface area contributed by atoms with E-state index >= 15 is 0 Å². The highest BCUT2D eigenvalue weighted by Crippen LogP contribution is 2.34. The van der Waals surface area contributed by atoms with Gasteiger partial charge in [0.1, 0.15) is 10.7 Å². The average molecular weight is 362 g/mol. The zero-order chi connectivity index (χ0) is 17.0. The van der Waals surface area contributed by atoms with Crippen LogP contribution in [0.25, 0.3) is 0 Å². The summed E-state index contributed by atoms with van der Waals surface area (Å²) in [5.74, 6) is 1.02. The molecule has 23 heavy (non-hydrogen) atoms. The summed E-state index contributed by atoms with van der Waals surface area (Å²) in [5, 5.41) is 2.57. The Labute approximate surface area is 141 Å². The molecule has 0 aliphatic carbocycles. The van der Waals surface area contributed by atoms with Crippen molar-refractivity contribution in [3.63, 3.8) is 0 Å². The topological polar surface area (TPSA) is 37.8 Å². The van der Waals surface area contributed by atoms with Gasteiger partial charge in [0.05, 0.1) is 0 Å². The van der Waals surface area contributed by atoms with Gasteiger partial charge in [-0.25, -0.2) is 9.97 Å². The minimum atomic E-state index is -4.57. The van der Waals surface area contributed by atoms with Crippen LogP contribution in [0.1, 0.15) is 30.2 Å². The van der Waals surface area contributed by atoms with Crippen molar-refractivity contribution < 1.29 is 13.2 Å². The number of alkyl halides is 3. The number of halogens is 4. The molecule has 0 saturated heterocycles. The van der Waals surface area contributed by atoms with Crippen LogP contribution in [-0.2, 0) is 6.18 Å². The van der Waals surface area contributed by atoms with E-state index in [-0.39, 0.29) is 5.95 Å². The first kappa shape index (κ1) is 17.9. The van der Waals surface area contributed by atoms with Crippen LogP contribution in [0.5, 0.6) is 0 Å². The lowest BCUT2D eigenvalue weighted by atomic mass is 10.1. The van der Waals surface area contributed by atoms with Gasteiger partial charge in [0.15, 0.2) is 0 Å². The van der Waals surface area contributed by atoms with E-state index in [9.17, 15) is 13.2 Å². The second-order valence-corrected chi connectivity index (χ2v) is 6.72. The summed E-state index contributed by atoms with van der Waals surface area (Å²) in [4.78, 5) is 7.34. The van der Waals surface area contributed by atoms with Crippen LogP contribution >= 0.6 is 23.4 Å². The van der Waals surface area contributed by atoms with Crippen LogP contribution in [0, 0.1) is 0 Å². The molecule has 0 spiro atoms. The van der Waals surface area contributed by atoms with Crippen LogP contribution in [0.4, 0.5) is 24.8 Å². The Morgan fingerprint density at radius 1 is 1.35 bits per heavy atom. The quantitative estimate of drug-likeness (QED) is 0.692. The Bertz CT molecular complexity index is 679. The van der Waals surface area contributed by atoms with Gasteiger partial charge in [0.2, 0.25) is 5.95 Å². The number of rotatable bonds is 5. The lowest BCUT2D eigenvalue weighted by Crippen LogP contribution is -2.09. The maximum atomic E-state index is 12.6. The number of anilines is 2. The highest BCUT2D eigenvalue weighted by atomic mass is 35.5. The van der Waals surface area contributed by atoms with Gasteiger partial charge < -0.3 is 5.32 Å². The molecule has 1 N–H and O–H groups in total. The zero-order valence-electron chi connectivity index (χ0n) is 12.5. The molecule has 0 bridgehead atoms. The minimum Gasteiger partial charge on any atom is -0.324 e. The number of aromatic nitrogens is 2. The first-order valence-corrected chi connectivity index (χ1v) is 8.32. The van der Waals surface area contributed by atoms with Gasteiger partial charge in [-0.05, 0) is 30.4 Å². The molecule has 2 aromatic rings. The molecule has 0 radical (unpaired) electrons. The van der Waals surface area contributed by atoms with Crippen molar-refractivity contribution in [1.82, 2.24) is 9.97 Å². The number of hydrogen-bond acceptors (Lipinski definition) is 4. The predicted molar refractivity (Wildman–Crippen MR) is 88.3 cm³/mol. The fraction of sp³-hybridized carbons (Fsp3) is 0.333. The van der Waals surface area contributed by atoms with Crippen molar-refractivity contribution >= 4 is 35.0 Å². The van der Waals surface area contributed by atoms with E-state index < -0.39 is 16.9 Å². The molecule has 1 aromatic carbocycles. The first-order valence-electron chi connectivity index (χ1n) is 6.89. The summed E-state index contributed by atoms with van der Waals surface area (Å²) >= 11 is 7.39. The summed E-state index contributed by atoms with van der Waals surface area (Å²) in [6, 6.07) is 7.58. The number of nitrogens with zero attached hydrogens (tertiary/aromatic N) is 2. The summed E-state index contributed by atoms with van der Waals surface area (Å²) in [5.41, 5.74) is 0.758. The van der Waals surface area contributed by atoms with Crippen LogP contribution < -0.4 is 5.32 Å². The summed E-state index contributed by atoms with van der Waals surface area (Å²) in [6.07, 6.45) is -3.89. The predicted octanol–water partition coefficient (Wildman–Crippen LogP) is 5.71. The van der Waals surface area contributed by atoms with Crippen LogP contribution in [0.3, 0.4) is 0 Å². The van der Waals surface area contributed by atoms with Crippen molar-refractivity contribution in [3.8, 4) is 0 Å². The first-order chi connectivity index (χ1) is 10.8. The van der Waals surface area contributed by atoms with Gasteiger partial charge in [0, 0.05) is 17.1 Å². The van der Waals surface area contributed by atoms with Crippen molar-refractivity contribution in [2.75, 3.05) is 11.1 Å². The maximum Gasteiger partial charge on any atom is 0.420 e. The van der Waals surface area contributed by atoms with E-state index in [0.29, 0.717) is 17.1 Å². The normalized spacial score (nSPS) is 13.0. The molecule has 0 aliphatic rings. The van der Waals surface area contributed by atoms with Crippen molar-refractivity contribution in [1.29, 1.82) is 0 Å². The van der Waals surface area contributed by atoms with Gasteiger partial charge >= 0.3 is 6.18 Å². The van der Waals surface area contributed by atoms with E-state index in [2.05, 4.69) is 29.1 Å². The SMILES string of the molecule is CCSC(C)c1cccc(Nc2ncc(C(F)(F)F)c(Cl)n2)c1. The number of thioether (sulfide) groups is 1. The standard InChI is InChI=1S/C15H15ClF3N3S/c1-3-23-9(2)10-5-4-6-11(7-10)21-14-20-8-12(13(16)22-14)15(17,18)19/h4-9H,3H2,1-2H3,(H,20,21,22). The fourth-order valence-corrected chi connectivity index (χ4v) is 3.03. The van der Waals surface area contributed by atoms with E-state index in [1.165, 1.54) is 0 Å². The molecule has 8 heteroatoms. The number of nitrogens with one attached hydrogen (secondary N) is 1. The molecular weight excluding hydrogens is 347 g/mol. The third-order valence-electron chi connectivity index (χ3n) is 3.08. The molecule has 124 valence electrons. The fourth-order valence-electron chi connectivity index (χ4n) is 1.96. The minimum absolute atomic E-state index is 0.0240. The van der Waals surface area contributed by atoms with Gasteiger partial charge in [-0.15, -0.1) is 0 Å². The molecular formula is C15H15ClF3N3S. The van der Waals surface area contributed by atoms with Gasteiger partial charge in [-0.3, -0.25) is 0 Å². The third kappa shape index (κ3) is 4.75. The monoisotopic (exact) mass is 361 g/mol. The molecule has 0 saturated carbocycles. The largest absolute Gasteiger partial charge is 0.420 e. The molecule has 1 aromatic heterocycles. The molecule has 1 unspecified atom stereocenters. The van der Waals surface area contributed by atoms with Crippen LogP contribution in [0.15, 0.2) is 30.5 Å². The van der Waals surface area contributed by atoms with E-state index in [1.54, 1.807) is 17.8 Å². The summed E-state index contributed by atoms with van der Waals surface area (Å²) in [6.45, 7) is 4.18. The lowest BCUT2D eigenvalue weighted by Gasteiger charge is -2.13. The Balaban J connectivity index is 2.20. The smallest absolute Gasteiger partial charge is 0.324 e. The van der Waals surface area contributed by atoms with Gasteiger partial charge in [-0.1, -0.05) is 30.7 Å². The molecule has 1 atom stereocenters. The van der Waals surface area contributed by atoms with E-state index in [4.69, 9.17) is 11.6 Å². The zero-order valence-corrected chi connectivity index (χ0v) is 14.1. The molecule has 0 fully saturated rings. The summed E-state index contributed by atoms with van der Waals surface area (Å²) < 4.78 is 37.9.